The minimum atomic E-state index is -0.913. The van der Waals surface area contributed by atoms with Crippen molar-refractivity contribution in [2.24, 2.45) is 0 Å². The zero-order valence-electron chi connectivity index (χ0n) is 10.5. The normalized spacial score (nSPS) is 10.8. The van der Waals surface area contributed by atoms with Crippen molar-refractivity contribution in [1.82, 2.24) is 0 Å². The van der Waals surface area contributed by atoms with Gasteiger partial charge in [0.05, 0.1) is 12.7 Å². The molecule has 1 heterocycles. The number of hydrogen-bond acceptors (Lipinski definition) is 2. The molecule has 1 aromatic heterocycles. The van der Waals surface area contributed by atoms with Gasteiger partial charge in [0.1, 0.15) is 11.4 Å². The largest absolute Gasteiger partial charge is 0.481 e. The summed E-state index contributed by atoms with van der Waals surface area (Å²) in [5.41, 5.74) is 2.81. The molecule has 4 heteroatoms. The summed E-state index contributed by atoms with van der Waals surface area (Å²) in [6.07, 6.45) is 1.35. The Hall–Kier alpha value is -2.62. The molecule has 20 heavy (non-hydrogen) atoms. The predicted molar refractivity (Wildman–Crippen MR) is 72.9 cm³/mol. The minimum absolute atomic E-state index is 0.0976. The molecule has 1 N–H and O–H groups in total. The van der Waals surface area contributed by atoms with Crippen LogP contribution in [0.1, 0.15) is 5.56 Å². The fraction of sp³-hybridized carbons (Fsp3) is 0.0625. The fourth-order valence-electron chi connectivity index (χ4n) is 2.23. The van der Waals surface area contributed by atoms with Gasteiger partial charge in [-0.15, -0.1) is 0 Å². The molecule has 0 aliphatic heterocycles. The first-order valence-electron chi connectivity index (χ1n) is 6.11. The number of benzene rings is 2. The summed E-state index contributed by atoms with van der Waals surface area (Å²) in [7, 11) is 0. The van der Waals surface area contributed by atoms with Crippen LogP contribution in [-0.4, -0.2) is 11.1 Å². The number of fused-ring (bicyclic) bond motifs is 1. The lowest BCUT2D eigenvalue weighted by Gasteiger charge is -2.02. The molecule has 0 radical (unpaired) electrons. The topological polar surface area (TPSA) is 50.4 Å². The van der Waals surface area contributed by atoms with E-state index in [0.717, 1.165) is 16.5 Å². The monoisotopic (exact) mass is 270 g/mol. The highest BCUT2D eigenvalue weighted by molar-refractivity contribution is 5.89. The van der Waals surface area contributed by atoms with E-state index in [9.17, 15) is 9.18 Å². The van der Waals surface area contributed by atoms with Crippen LogP contribution in [0.15, 0.2) is 53.1 Å². The van der Waals surface area contributed by atoms with Crippen molar-refractivity contribution in [2.45, 2.75) is 6.42 Å². The second-order valence-electron chi connectivity index (χ2n) is 4.55. The van der Waals surface area contributed by atoms with Gasteiger partial charge in [0.2, 0.25) is 0 Å². The van der Waals surface area contributed by atoms with Gasteiger partial charge in [-0.25, -0.2) is 4.39 Å². The second kappa shape index (κ2) is 4.81. The summed E-state index contributed by atoms with van der Waals surface area (Å²) in [5, 5.41) is 9.62. The van der Waals surface area contributed by atoms with Gasteiger partial charge in [-0.3, -0.25) is 4.79 Å². The van der Waals surface area contributed by atoms with E-state index in [2.05, 4.69) is 0 Å². The Balaban J connectivity index is 2.11. The lowest BCUT2D eigenvalue weighted by molar-refractivity contribution is -0.136. The number of hydrogen-bond donors (Lipinski definition) is 1. The van der Waals surface area contributed by atoms with Gasteiger partial charge in [0.25, 0.3) is 0 Å². The second-order valence-corrected chi connectivity index (χ2v) is 4.55. The fourth-order valence-corrected chi connectivity index (χ4v) is 2.23. The lowest BCUT2D eigenvalue weighted by atomic mass is 10.0. The third-order valence-electron chi connectivity index (χ3n) is 3.15. The smallest absolute Gasteiger partial charge is 0.307 e. The number of aliphatic carboxylic acids is 1. The van der Waals surface area contributed by atoms with E-state index >= 15 is 0 Å². The third kappa shape index (κ3) is 2.28. The molecule has 3 nitrogen and oxygen atoms in total. The minimum Gasteiger partial charge on any atom is -0.481 e. The first-order valence-corrected chi connectivity index (χ1v) is 6.11. The van der Waals surface area contributed by atoms with E-state index in [1.54, 1.807) is 18.2 Å². The molecule has 0 saturated heterocycles. The van der Waals surface area contributed by atoms with Crippen molar-refractivity contribution in [3.63, 3.8) is 0 Å². The van der Waals surface area contributed by atoms with Crippen LogP contribution in [0.4, 0.5) is 4.39 Å². The first kappa shape index (κ1) is 12.4. The van der Waals surface area contributed by atoms with Gasteiger partial charge in [-0.05, 0) is 35.4 Å². The van der Waals surface area contributed by atoms with Crippen LogP contribution in [0, 0.1) is 5.82 Å². The number of carboxylic acids is 1. The van der Waals surface area contributed by atoms with E-state index in [1.807, 2.05) is 12.1 Å². The van der Waals surface area contributed by atoms with Crippen LogP contribution < -0.4 is 0 Å². The van der Waals surface area contributed by atoms with Crippen LogP contribution >= 0.6 is 0 Å². The molecule has 0 amide bonds. The van der Waals surface area contributed by atoms with Crippen molar-refractivity contribution in [3.8, 4) is 11.1 Å². The van der Waals surface area contributed by atoms with E-state index in [1.165, 1.54) is 18.4 Å². The number of rotatable bonds is 3. The molecule has 3 aromatic rings. The Morgan fingerprint density at radius 3 is 2.70 bits per heavy atom. The molecule has 0 fully saturated rings. The third-order valence-corrected chi connectivity index (χ3v) is 3.15. The van der Waals surface area contributed by atoms with Crippen molar-refractivity contribution in [3.05, 3.63) is 60.1 Å². The van der Waals surface area contributed by atoms with Gasteiger partial charge in [0.15, 0.2) is 0 Å². The molecule has 0 bridgehead atoms. The predicted octanol–water partition coefficient (Wildman–Crippen LogP) is 3.87. The van der Waals surface area contributed by atoms with Crippen molar-refractivity contribution in [2.75, 3.05) is 0 Å². The average Bonchev–Trinajstić information content (AvgIpc) is 2.80. The molecule has 2 aromatic carbocycles. The number of halogens is 1. The Morgan fingerprint density at radius 1 is 1.15 bits per heavy atom. The summed E-state index contributed by atoms with van der Waals surface area (Å²) in [6.45, 7) is 0. The van der Waals surface area contributed by atoms with Crippen LogP contribution in [0.2, 0.25) is 0 Å². The van der Waals surface area contributed by atoms with E-state index < -0.39 is 5.97 Å². The Bertz CT molecular complexity index is 789. The van der Waals surface area contributed by atoms with Crippen LogP contribution in [-0.2, 0) is 11.2 Å². The quantitative estimate of drug-likeness (QED) is 0.786. The zero-order chi connectivity index (χ0) is 14.1. The lowest BCUT2D eigenvalue weighted by Crippen LogP contribution is -1.98. The molecule has 0 spiro atoms. The molecular weight excluding hydrogens is 259 g/mol. The van der Waals surface area contributed by atoms with E-state index in [-0.39, 0.29) is 12.2 Å². The average molecular weight is 270 g/mol. The number of carbonyl (C=O) groups is 1. The Labute approximate surface area is 114 Å². The van der Waals surface area contributed by atoms with Crippen molar-refractivity contribution in [1.29, 1.82) is 0 Å². The van der Waals surface area contributed by atoms with Crippen molar-refractivity contribution >= 4 is 16.9 Å². The maximum absolute atomic E-state index is 13.3. The Morgan fingerprint density at radius 2 is 1.95 bits per heavy atom. The molecule has 3 rings (SSSR count). The molecule has 0 aliphatic rings. The maximum Gasteiger partial charge on any atom is 0.307 e. The summed E-state index contributed by atoms with van der Waals surface area (Å²) < 4.78 is 18.6. The molecule has 0 unspecified atom stereocenters. The maximum atomic E-state index is 13.3. The highest BCUT2D eigenvalue weighted by Crippen LogP contribution is 2.28. The molecule has 0 aliphatic carbocycles. The van der Waals surface area contributed by atoms with Crippen LogP contribution in [0.25, 0.3) is 22.1 Å². The summed E-state index contributed by atoms with van der Waals surface area (Å²) in [4.78, 5) is 10.8. The summed E-state index contributed by atoms with van der Waals surface area (Å²) in [6, 6.07) is 11.7. The zero-order valence-corrected chi connectivity index (χ0v) is 10.5. The van der Waals surface area contributed by atoms with Crippen LogP contribution in [0.5, 0.6) is 0 Å². The van der Waals surface area contributed by atoms with Gasteiger partial charge in [0, 0.05) is 10.9 Å². The molecule has 100 valence electrons. The Kier molecular flexibility index (Phi) is 2.99. The van der Waals surface area contributed by atoms with Gasteiger partial charge < -0.3 is 9.52 Å². The highest BCUT2D eigenvalue weighted by atomic mass is 19.1. The molecule has 0 saturated carbocycles. The standard InChI is InChI=1S/C16H11FO3/c17-13-3-1-2-10(6-13)11-4-5-15-14(7-11)12(9-20-15)8-16(18)19/h1-7,9H,8H2,(H,18,19). The number of furan rings is 1. The summed E-state index contributed by atoms with van der Waals surface area (Å²) >= 11 is 0. The molecular formula is C16H11FO3. The first-order chi connectivity index (χ1) is 9.63. The van der Waals surface area contributed by atoms with Crippen LogP contribution in [0.3, 0.4) is 0 Å². The summed E-state index contributed by atoms with van der Waals surface area (Å²) in [5.74, 6) is -1.22. The van der Waals surface area contributed by atoms with Gasteiger partial charge >= 0.3 is 5.97 Å². The SMILES string of the molecule is O=C(O)Cc1coc2ccc(-c3cccc(F)c3)cc12. The highest BCUT2D eigenvalue weighted by Gasteiger charge is 2.10. The van der Waals surface area contributed by atoms with E-state index in [0.29, 0.717) is 11.1 Å². The van der Waals surface area contributed by atoms with Gasteiger partial charge in [-0.2, -0.15) is 0 Å². The molecule has 0 atom stereocenters. The number of carboxylic acid groups (broad SMARTS) is 1. The van der Waals surface area contributed by atoms with Crippen molar-refractivity contribution < 1.29 is 18.7 Å². The van der Waals surface area contributed by atoms with Gasteiger partial charge in [-0.1, -0.05) is 18.2 Å². The van der Waals surface area contributed by atoms with E-state index in [4.69, 9.17) is 9.52 Å².